The fourth-order valence-electron chi connectivity index (χ4n) is 3.54. The molecule has 2 aromatic rings. The van der Waals surface area contributed by atoms with Crippen LogP contribution in [0, 0.1) is 11.9 Å². The van der Waals surface area contributed by atoms with E-state index >= 15 is 0 Å². The summed E-state index contributed by atoms with van der Waals surface area (Å²) in [5.41, 5.74) is 0.259. The molecule has 1 N–H and O–H groups in total. The molecule has 2 bridgehead atoms. The van der Waals surface area contributed by atoms with Crippen molar-refractivity contribution in [3.05, 3.63) is 42.2 Å². The number of hydrogen-bond acceptors (Lipinski definition) is 4. The Balaban J connectivity index is 1.48. The Bertz CT molecular complexity index is 722. The largest absolute Gasteiger partial charge is 0.451 e. The molecule has 3 saturated heterocycles. The predicted molar refractivity (Wildman–Crippen MR) is 82.3 cm³/mol. The molecule has 0 radical (unpaired) electrons. The van der Waals surface area contributed by atoms with Crippen LogP contribution in [0.1, 0.15) is 23.4 Å². The van der Waals surface area contributed by atoms with Gasteiger partial charge in [-0.25, -0.2) is 4.98 Å². The Morgan fingerprint density at radius 2 is 2.13 bits per heavy atom. The van der Waals surface area contributed by atoms with E-state index in [1.807, 2.05) is 0 Å². The number of furan rings is 1. The van der Waals surface area contributed by atoms with E-state index in [1.54, 1.807) is 24.3 Å². The van der Waals surface area contributed by atoms with Crippen molar-refractivity contribution in [2.45, 2.75) is 18.9 Å². The molecule has 23 heavy (non-hydrogen) atoms. The van der Waals surface area contributed by atoms with Crippen molar-refractivity contribution < 1.29 is 13.6 Å². The van der Waals surface area contributed by atoms with Gasteiger partial charge in [0.1, 0.15) is 5.76 Å². The lowest BCUT2D eigenvalue weighted by Crippen LogP contribution is -2.57. The molecule has 0 saturated carbocycles. The molecule has 2 aromatic heterocycles. The van der Waals surface area contributed by atoms with E-state index in [0.29, 0.717) is 11.7 Å². The molecule has 3 aliphatic rings. The van der Waals surface area contributed by atoms with Gasteiger partial charge in [0.15, 0.2) is 5.76 Å². The molecule has 5 nitrogen and oxygen atoms in total. The number of halogens is 1. The van der Waals surface area contributed by atoms with Crippen LogP contribution in [0.25, 0.3) is 11.3 Å². The van der Waals surface area contributed by atoms with Crippen LogP contribution in [0.5, 0.6) is 0 Å². The number of rotatable bonds is 3. The fourth-order valence-corrected chi connectivity index (χ4v) is 3.54. The molecule has 5 rings (SSSR count). The van der Waals surface area contributed by atoms with Crippen LogP contribution in [-0.4, -0.2) is 41.5 Å². The van der Waals surface area contributed by atoms with Crippen LogP contribution in [0.2, 0.25) is 0 Å². The van der Waals surface area contributed by atoms with Crippen molar-refractivity contribution in [1.82, 2.24) is 15.2 Å². The number of aromatic nitrogens is 1. The molecule has 5 heterocycles. The van der Waals surface area contributed by atoms with Gasteiger partial charge >= 0.3 is 0 Å². The minimum Gasteiger partial charge on any atom is -0.451 e. The van der Waals surface area contributed by atoms with Gasteiger partial charge in [-0.2, -0.15) is 4.39 Å². The Kier molecular flexibility index (Phi) is 3.61. The topological polar surface area (TPSA) is 58.4 Å². The number of piperidine rings is 3. The van der Waals surface area contributed by atoms with Crippen LogP contribution < -0.4 is 5.32 Å². The van der Waals surface area contributed by atoms with Gasteiger partial charge in [0, 0.05) is 18.8 Å². The lowest BCUT2D eigenvalue weighted by molar-refractivity contribution is 0.0606. The van der Waals surface area contributed by atoms with Crippen molar-refractivity contribution in [3.63, 3.8) is 0 Å². The van der Waals surface area contributed by atoms with Crippen molar-refractivity contribution in [3.8, 4) is 11.3 Å². The van der Waals surface area contributed by atoms with Gasteiger partial charge in [-0.05, 0) is 56.1 Å². The van der Waals surface area contributed by atoms with E-state index in [0.717, 1.165) is 32.5 Å². The Labute approximate surface area is 133 Å². The Morgan fingerprint density at radius 1 is 1.30 bits per heavy atom. The zero-order valence-corrected chi connectivity index (χ0v) is 12.7. The fraction of sp³-hybridized carbons (Fsp3) is 0.412. The van der Waals surface area contributed by atoms with Gasteiger partial charge in [-0.15, -0.1) is 0 Å². The third-order valence-electron chi connectivity index (χ3n) is 4.83. The molecular weight excluding hydrogens is 297 g/mol. The number of carbonyl (C=O) groups excluding carboxylic acids is 1. The number of fused-ring (bicyclic) bond motifs is 3. The molecule has 0 aliphatic carbocycles. The first kappa shape index (κ1) is 14.4. The summed E-state index contributed by atoms with van der Waals surface area (Å²) in [5.74, 6) is 0.231. The summed E-state index contributed by atoms with van der Waals surface area (Å²) >= 11 is 0. The van der Waals surface area contributed by atoms with Crippen molar-refractivity contribution in [2.75, 3.05) is 19.6 Å². The van der Waals surface area contributed by atoms with Crippen LogP contribution in [0.3, 0.4) is 0 Å². The molecule has 120 valence electrons. The van der Waals surface area contributed by atoms with E-state index < -0.39 is 5.95 Å². The number of amides is 1. The summed E-state index contributed by atoms with van der Waals surface area (Å²) < 4.78 is 19.2. The van der Waals surface area contributed by atoms with Crippen LogP contribution >= 0.6 is 0 Å². The SMILES string of the molecule is O=C(N[C@H]1CN2CCC1CC2)c1ccc(-c2cccnc2F)o1. The summed E-state index contributed by atoms with van der Waals surface area (Å²) in [6.45, 7) is 3.16. The molecule has 0 aromatic carbocycles. The first-order valence-corrected chi connectivity index (χ1v) is 7.94. The lowest BCUT2D eigenvalue weighted by atomic mass is 9.84. The van der Waals surface area contributed by atoms with Gasteiger partial charge in [-0.3, -0.25) is 4.79 Å². The number of carbonyl (C=O) groups is 1. The number of pyridine rings is 1. The molecule has 3 fully saturated rings. The second-order valence-electron chi connectivity index (χ2n) is 6.22. The first-order chi connectivity index (χ1) is 11.2. The molecule has 0 unspecified atom stereocenters. The molecule has 6 heteroatoms. The van der Waals surface area contributed by atoms with Crippen LogP contribution in [0.4, 0.5) is 4.39 Å². The van der Waals surface area contributed by atoms with E-state index in [-0.39, 0.29) is 23.3 Å². The minimum atomic E-state index is -0.605. The molecule has 0 spiro atoms. The quantitative estimate of drug-likeness (QED) is 0.883. The second-order valence-corrected chi connectivity index (χ2v) is 6.22. The normalized spacial score (nSPS) is 26.2. The number of hydrogen-bond donors (Lipinski definition) is 1. The Morgan fingerprint density at radius 3 is 2.83 bits per heavy atom. The average molecular weight is 315 g/mol. The zero-order chi connectivity index (χ0) is 15.8. The van der Waals surface area contributed by atoms with Crippen LogP contribution in [-0.2, 0) is 0 Å². The van der Waals surface area contributed by atoms with Gasteiger partial charge in [0.2, 0.25) is 5.95 Å². The van der Waals surface area contributed by atoms with Crippen LogP contribution in [0.15, 0.2) is 34.9 Å². The highest BCUT2D eigenvalue weighted by Crippen LogP contribution is 2.28. The smallest absolute Gasteiger partial charge is 0.287 e. The number of nitrogens with zero attached hydrogens (tertiary/aromatic N) is 2. The summed E-state index contributed by atoms with van der Waals surface area (Å²) in [6, 6.07) is 6.57. The van der Waals surface area contributed by atoms with E-state index in [9.17, 15) is 9.18 Å². The standard InChI is InChI=1S/C17H18FN3O2/c18-16-12(2-1-7-19-16)14-3-4-15(23-14)17(22)20-13-10-21-8-5-11(13)6-9-21/h1-4,7,11,13H,5-6,8-10H2,(H,20,22)/t13-/m0/s1. The number of nitrogens with one attached hydrogen (secondary N) is 1. The highest BCUT2D eigenvalue weighted by molar-refractivity contribution is 5.92. The van der Waals surface area contributed by atoms with Gasteiger partial charge in [0.25, 0.3) is 5.91 Å². The van der Waals surface area contributed by atoms with Crippen molar-refractivity contribution in [2.24, 2.45) is 5.92 Å². The highest BCUT2D eigenvalue weighted by Gasteiger charge is 2.35. The van der Waals surface area contributed by atoms with Gasteiger partial charge < -0.3 is 14.6 Å². The summed E-state index contributed by atoms with van der Waals surface area (Å²) in [5, 5.41) is 3.06. The van der Waals surface area contributed by atoms with E-state index in [2.05, 4.69) is 15.2 Å². The lowest BCUT2D eigenvalue weighted by Gasteiger charge is -2.44. The summed E-state index contributed by atoms with van der Waals surface area (Å²) in [7, 11) is 0. The molecule has 1 atom stereocenters. The van der Waals surface area contributed by atoms with Gasteiger partial charge in [-0.1, -0.05) is 0 Å². The van der Waals surface area contributed by atoms with Gasteiger partial charge in [0.05, 0.1) is 5.56 Å². The van der Waals surface area contributed by atoms with Crippen molar-refractivity contribution >= 4 is 5.91 Å². The Hall–Kier alpha value is -2.21. The monoisotopic (exact) mass is 315 g/mol. The maximum Gasteiger partial charge on any atom is 0.287 e. The second kappa shape index (κ2) is 5.77. The predicted octanol–water partition coefficient (Wildman–Crippen LogP) is 2.30. The maximum atomic E-state index is 13.7. The molecular formula is C17H18FN3O2. The third kappa shape index (κ3) is 2.74. The van der Waals surface area contributed by atoms with Crippen molar-refractivity contribution in [1.29, 1.82) is 0 Å². The third-order valence-corrected chi connectivity index (χ3v) is 4.83. The zero-order valence-electron chi connectivity index (χ0n) is 12.7. The van der Waals surface area contributed by atoms with E-state index in [1.165, 1.54) is 6.20 Å². The first-order valence-electron chi connectivity index (χ1n) is 7.94. The molecule has 1 amide bonds. The average Bonchev–Trinajstić information content (AvgIpc) is 3.06. The minimum absolute atomic E-state index is 0.175. The summed E-state index contributed by atoms with van der Waals surface area (Å²) in [6.07, 6.45) is 3.65. The summed E-state index contributed by atoms with van der Waals surface area (Å²) in [4.78, 5) is 18.4. The highest BCUT2D eigenvalue weighted by atomic mass is 19.1. The van der Waals surface area contributed by atoms with E-state index in [4.69, 9.17) is 4.42 Å². The molecule has 3 aliphatic heterocycles. The maximum absolute atomic E-state index is 13.7.